The van der Waals surface area contributed by atoms with Crippen LogP contribution < -0.4 is 9.47 Å². The third-order valence-corrected chi connectivity index (χ3v) is 1.97. The highest BCUT2D eigenvalue weighted by molar-refractivity contribution is 5.34. The number of hydrogen-bond donors (Lipinski definition) is 0. The van der Waals surface area contributed by atoms with Crippen LogP contribution in [0.4, 0.5) is 0 Å². The van der Waals surface area contributed by atoms with Gasteiger partial charge in [-0.2, -0.15) is 0 Å². The van der Waals surface area contributed by atoms with Gasteiger partial charge in [-0.05, 0) is 30.3 Å². The molecule has 0 atom stereocenters. The molecule has 0 amide bonds. The first-order chi connectivity index (χ1) is 7.38. The van der Waals surface area contributed by atoms with E-state index in [1.165, 1.54) is 0 Å². The van der Waals surface area contributed by atoms with E-state index in [4.69, 9.17) is 9.47 Å². The van der Waals surface area contributed by atoms with E-state index in [1.54, 1.807) is 7.11 Å². The van der Waals surface area contributed by atoms with Crippen LogP contribution in [-0.2, 0) is 0 Å². The quantitative estimate of drug-likeness (QED) is 0.755. The molecule has 0 spiro atoms. The number of para-hydroxylation sites is 1. The highest BCUT2D eigenvalue weighted by Crippen LogP contribution is 2.22. The fourth-order valence-corrected chi connectivity index (χ4v) is 1.21. The Hall–Kier alpha value is -1.96. The third-order valence-electron chi connectivity index (χ3n) is 1.97. The fraction of sp³-hybridized carbons (Fsp3) is 0.0769. The van der Waals surface area contributed by atoms with Gasteiger partial charge in [-0.3, -0.25) is 0 Å². The van der Waals surface area contributed by atoms with Crippen LogP contribution in [0, 0.1) is 6.07 Å². The molecule has 0 N–H and O–H groups in total. The molecule has 0 aliphatic heterocycles. The summed E-state index contributed by atoms with van der Waals surface area (Å²) in [5, 5.41) is 0. The Morgan fingerprint density at radius 2 is 1.67 bits per heavy atom. The Balaban J connectivity index is 2.11. The molecule has 2 aromatic carbocycles. The summed E-state index contributed by atoms with van der Waals surface area (Å²) >= 11 is 0. The number of benzene rings is 2. The maximum atomic E-state index is 5.57. The van der Waals surface area contributed by atoms with Gasteiger partial charge in [0.2, 0.25) is 0 Å². The van der Waals surface area contributed by atoms with Crippen LogP contribution in [0.2, 0.25) is 0 Å². The molecular formula is C13H11O2. The van der Waals surface area contributed by atoms with Crippen molar-refractivity contribution in [1.82, 2.24) is 0 Å². The summed E-state index contributed by atoms with van der Waals surface area (Å²) in [6, 6.07) is 17.9. The first-order valence-corrected chi connectivity index (χ1v) is 4.67. The molecule has 15 heavy (non-hydrogen) atoms. The van der Waals surface area contributed by atoms with E-state index in [2.05, 4.69) is 6.07 Å². The molecule has 0 unspecified atom stereocenters. The Kier molecular flexibility index (Phi) is 2.88. The van der Waals surface area contributed by atoms with E-state index >= 15 is 0 Å². The predicted molar refractivity (Wildman–Crippen MR) is 58.3 cm³/mol. The van der Waals surface area contributed by atoms with Crippen LogP contribution in [0.15, 0.2) is 48.5 Å². The van der Waals surface area contributed by atoms with Gasteiger partial charge in [-0.1, -0.05) is 18.2 Å². The normalized spacial score (nSPS) is 9.67. The largest absolute Gasteiger partial charge is 0.497 e. The molecule has 75 valence electrons. The van der Waals surface area contributed by atoms with Crippen molar-refractivity contribution in [3.8, 4) is 17.2 Å². The van der Waals surface area contributed by atoms with Gasteiger partial charge in [0.25, 0.3) is 0 Å². The van der Waals surface area contributed by atoms with Crippen molar-refractivity contribution in [1.29, 1.82) is 0 Å². The molecule has 2 aromatic rings. The van der Waals surface area contributed by atoms with E-state index in [1.807, 2.05) is 48.5 Å². The molecule has 0 fully saturated rings. The zero-order chi connectivity index (χ0) is 10.5. The monoisotopic (exact) mass is 199 g/mol. The summed E-state index contributed by atoms with van der Waals surface area (Å²) in [6.07, 6.45) is 0. The molecule has 2 rings (SSSR count). The van der Waals surface area contributed by atoms with Gasteiger partial charge in [0.1, 0.15) is 17.2 Å². The van der Waals surface area contributed by atoms with Crippen molar-refractivity contribution in [3.63, 3.8) is 0 Å². The minimum atomic E-state index is 0.711. The molecule has 0 heterocycles. The van der Waals surface area contributed by atoms with Crippen LogP contribution in [0.5, 0.6) is 17.2 Å². The van der Waals surface area contributed by atoms with E-state index < -0.39 is 0 Å². The summed E-state index contributed by atoms with van der Waals surface area (Å²) in [6.45, 7) is 0. The molecule has 1 radical (unpaired) electrons. The van der Waals surface area contributed by atoms with Gasteiger partial charge >= 0.3 is 0 Å². The fourth-order valence-electron chi connectivity index (χ4n) is 1.21. The number of methoxy groups -OCH3 is 1. The standard InChI is InChI=1S/C13H11O2/c1-14-11-7-9-13(10-8-11)15-12-5-3-2-4-6-12/h2-5,7-10H,1H3. The highest BCUT2D eigenvalue weighted by atomic mass is 16.5. The van der Waals surface area contributed by atoms with Crippen molar-refractivity contribution in [2.24, 2.45) is 0 Å². The molecule has 0 bridgehead atoms. The average Bonchev–Trinajstić information content (AvgIpc) is 2.31. The zero-order valence-electron chi connectivity index (χ0n) is 8.44. The maximum absolute atomic E-state index is 5.57. The van der Waals surface area contributed by atoms with Crippen molar-refractivity contribution in [2.45, 2.75) is 0 Å². The lowest BCUT2D eigenvalue weighted by Gasteiger charge is -2.05. The first-order valence-electron chi connectivity index (χ1n) is 4.67. The second-order valence-electron chi connectivity index (χ2n) is 3.00. The third kappa shape index (κ3) is 2.50. The van der Waals surface area contributed by atoms with Gasteiger partial charge in [0.05, 0.1) is 7.11 Å². The summed E-state index contributed by atoms with van der Waals surface area (Å²) in [5.74, 6) is 2.31. The second kappa shape index (κ2) is 4.51. The first kappa shape index (κ1) is 9.59. The zero-order valence-corrected chi connectivity index (χ0v) is 8.44. The van der Waals surface area contributed by atoms with Gasteiger partial charge < -0.3 is 9.47 Å². The smallest absolute Gasteiger partial charge is 0.135 e. The van der Waals surface area contributed by atoms with Crippen molar-refractivity contribution in [2.75, 3.05) is 7.11 Å². The van der Waals surface area contributed by atoms with E-state index in [0.29, 0.717) is 5.75 Å². The lowest BCUT2D eigenvalue weighted by molar-refractivity contribution is 0.413. The number of hydrogen-bond acceptors (Lipinski definition) is 2. The van der Waals surface area contributed by atoms with Crippen LogP contribution >= 0.6 is 0 Å². The molecule has 0 aromatic heterocycles. The van der Waals surface area contributed by atoms with Gasteiger partial charge in [0, 0.05) is 6.07 Å². The summed E-state index contributed by atoms with van der Waals surface area (Å²) in [4.78, 5) is 0. The van der Waals surface area contributed by atoms with Crippen molar-refractivity contribution in [3.05, 3.63) is 54.6 Å². The Morgan fingerprint density at radius 3 is 2.27 bits per heavy atom. The minimum Gasteiger partial charge on any atom is -0.497 e. The van der Waals surface area contributed by atoms with Crippen molar-refractivity contribution < 1.29 is 9.47 Å². The molecule has 2 heteroatoms. The van der Waals surface area contributed by atoms with Gasteiger partial charge in [-0.15, -0.1) is 0 Å². The molecule has 0 saturated carbocycles. The van der Waals surface area contributed by atoms with Gasteiger partial charge in [0.15, 0.2) is 0 Å². The summed E-state index contributed by atoms with van der Waals surface area (Å²) < 4.78 is 10.6. The van der Waals surface area contributed by atoms with Crippen molar-refractivity contribution >= 4 is 0 Å². The Bertz CT molecular complexity index is 406. The van der Waals surface area contributed by atoms with Crippen LogP contribution in [0.25, 0.3) is 0 Å². The SMILES string of the molecule is COc1ccc(Oc2[c]cccc2)cc1. The number of ether oxygens (including phenoxy) is 2. The molecule has 0 aliphatic rings. The van der Waals surface area contributed by atoms with E-state index in [-0.39, 0.29) is 0 Å². The molecular weight excluding hydrogens is 188 g/mol. The Morgan fingerprint density at radius 1 is 0.933 bits per heavy atom. The molecule has 2 nitrogen and oxygen atoms in total. The topological polar surface area (TPSA) is 18.5 Å². The number of rotatable bonds is 3. The molecule has 0 saturated heterocycles. The summed E-state index contributed by atoms with van der Waals surface area (Å²) in [5.41, 5.74) is 0. The lowest BCUT2D eigenvalue weighted by atomic mass is 10.3. The minimum absolute atomic E-state index is 0.711. The lowest BCUT2D eigenvalue weighted by Crippen LogP contribution is -1.85. The highest BCUT2D eigenvalue weighted by Gasteiger charge is 1.96. The van der Waals surface area contributed by atoms with E-state index in [0.717, 1.165) is 11.5 Å². The van der Waals surface area contributed by atoms with Crippen LogP contribution in [0.1, 0.15) is 0 Å². The van der Waals surface area contributed by atoms with Crippen LogP contribution in [0.3, 0.4) is 0 Å². The average molecular weight is 199 g/mol. The molecule has 0 aliphatic carbocycles. The summed E-state index contributed by atoms with van der Waals surface area (Å²) in [7, 11) is 1.64. The second-order valence-corrected chi connectivity index (χ2v) is 3.00. The van der Waals surface area contributed by atoms with E-state index in [9.17, 15) is 0 Å². The van der Waals surface area contributed by atoms with Crippen LogP contribution in [-0.4, -0.2) is 7.11 Å². The van der Waals surface area contributed by atoms with Gasteiger partial charge in [-0.25, -0.2) is 0 Å². The maximum Gasteiger partial charge on any atom is 0.135 e. The predicted octanol–water partition coefficient (Wildman–Crippen LogP) is 3.29. The Labute approximate surface area is 89.1 Å².